The lowest BCUT2D eigenvalue weighted by Crippen LogP contribution is -2.08. The molecule has 0 spiro atoms. The molecule has 0 aliphatic heterocycles. The van der Waals surface area contributed by atoms with Crippen molar-refractivity contribution in [2.24, 2.45) is 0 Å². The fourth-order valence-corrected chi connectivity index (χ4v) is 1.06. The van der Waals surface area contributed by atoms with Gasteiger partial charge in [0.15, 0.2) is 0 Å². The SMILES string of the molecule is CCCC(=O)Oc1ccc(F)cc1C#N. The first-order chi connectivity index (χ1) is 7.17. The van der Waals surface area contributed by atoms with Gasteiger partial charge in [-0.15, -0.1) is 0 Å². The normalized spacial score (nSPS) is 9.40. The van der Waals surface area contributed by atoms with Gasteiger partial charge in [0.2, 0.25) is 0 Å². The molecular formula is C11H10FNO2. The number of benzene rings is 1. The molecule has 0 heterocycles. The molecule has 0 radical (unpaired) electrons. The number of carbonyl (C=O) groups excluding carboxylic acids is 1. The predicted molar refractivity (Wildman–Crippen MR) is 51.7 cm³/mol. The zero-order valence-corrected chi connectivity index (χ0v) is 8.29. The van der Waals surface area contributed by atoms with E-state index in [9.17, 15) is 9.18 Å². The Bertz CT molecular complexity index is 410. The van der Waals surface area contributed by atoms with E-state index in [1.807, 2.05) is 6.92 Å². The Balaban J connectivity index is 2.86. The van der Waals surface area contributed by atoms with Crippen LogP contribution in [0.25, 0.3) is 0 Å². The van der Waals surface area contributed by atoms with Gasteiger partial charge in [-0.2, -0.15) is 5.26 Å². The quantitative estimate of drug-likeness (QED) is 0.564. The molecule has 0 unspecified atom stereocenters. The molecule has 0 saturated carbocycles. The van der Waals surface area contributed by atoms with Gasteiger partial charge in [-0.05, 0) is 24.6 Å². The van der Waals surface area contributed by atoms with E-state index in [4.69, 9.17) is 10.00 Å². The maximum atomic E-state index is 12.7. The zero-order chi connectivity index (χ0) is 11.3. The summed E-state index contributed by atoms with van der Waals surface area (Å²) in [5.74, 6) is -0.834. The van der Waals surface area contributed by atoms with Gasteiger partial charge in [0.05, 0.1) is 5.56 Å². The molecule has 0 aliphatic rings. The lowest BCUT2D eigenvalue weighted by Gasteiger charge is -2.04. The van der Waals surface area contributed by atoms with E-state index in [-0.39, 0.29) is 17.7 Å². The summed E-state index contributed by atoms with van der Waals surface area (Å²) in [7, 11) is 0. The van der Waals surface area contributed by atoms with Crippen molar-refractivity contribution in [1.29, 1.82) is 5.26 Å². The van der Waals surface area contributed by atoms with Gasteiger partial charge in [-0.1, -0.05) is 6.92 Å². The second kappa shape index (κ2) is 5.11. The Labute approximate surface area is 87.1 Å². The number of ether oxygens (including phenoxy) is 1. The minimum atomic E-state index is -0.526. The van der Waals surface area contributed by atoms with Crippen LogP contribution in [0.1, 0.15) is 25.3 Å². The molecule has 1 aromatic rings. The van der Waals surface area contributed by atoms with Crippen LogP contribution in [-0.2, 0) is 4.79 Å². The molecule has 0 saturated heterocycles. The fraction of sp³-hybridized carbons (Fsp3) is 0.273. The number of nitriles is 1. The topological polar surface area (TPSA) is 50.1 Å². The Morgan fingerprint density at radius 2 is 2.33 bits per heavy atom. The van der Waals surface area contributed by atoms with Gasteiger partial charge in [0, 0.05) is 6.42 Å². The van der Waals surface area contributed by atoms with Gasteiger partial charge in [-0.3, -0.25) is 4.79 Å². The van der Waals surface area contributed by atoms with Crippen LogP contribution in [0.3, 0.4) is 0 Å². The standard InChI is InChI=1S/C11H10FNO2/c1-2-3-11(14)15-10-5-4-9(12)6-8(10)7-13/h4-6H,2-3H2,1H3. The Hall–Kier alpha value is -1.89. The minimum absolute atomic E-state index is 0.0273. The first-order valence-corrected chi connectivity index (χ1v) is 4.57. The molecule has 4 heteroatoms. The van der Waals surface area contributed by atoms with E-state index in [0.717, 1.165) is 12.1 Å². The molecular weight excluding hydrogens is 197 g/mol. The summed E-state index contributed by atoms with van der Waals surface area (Å²) in [4.78, 5) is 11.1. The van der Waals surface area contributed by atoms with E-state index in [2.05, 4.69) is 0 Å². The average Bonchev–Trinajstić information content (AvgIpc) is 2.21. The lowest BCUT2D eigenvalue weighted by molar-refractivity contribution is -0.134. The molecule has 0 aliphatic carbocycles. The molecule has 3 nitrogen and oxygen atoms in total. The van der Waals surface area contributed by atoms with Crippen LogP contribution in [0.15, 0.2) is 18.2 Å². The molecule has 0 atom stereocenters. The van der Waals surface area contributed by atoms with Crippen LogP contribution in [0, 0.1) is 17.1 Å². The zero-order valence-electron chi connectivity index (χ0n) is 8.29. The van der Waals surface area contributed by atoms with Crippen LogP contribution in [-0.4, -0.2) is 5.97 Å². The van der Waals surface area contributed by atoms with E-state index >= 15 is 0 Å². The summed E-state index contributed by atoms with van der Waals surface area (Å²) in [6.07, 6.45) is 0.949. The van der Waals surface area contributed by atoms with E-state index < -0.39 is 11.8 Å². The number of hydrogen-bond donors (Lipinski definition) is 0. The second-order valence-corrected chi connectivity index (χ2v) is 2.98. The number of hydrogen-bond acceptors (Lipinski definition) is 3. The molecule has 1 rings (SSSR count). The highest BCUT2D eigenvalue weighted by atomic mass is 19.1. The molecule has 0 fully saturated rings. The summed E-state index contributed by atoms with van der Waals surface area (Å²) in [6.45, 7) is 1.84. The van der Waals surface area contributed by atoms with Crippen molar-refractivity contribution in [3.05, 3.63) is 29.6 Å². The Kier molecular flexibility index (Phi) is 3.81. The first-order valence-electron chi connectivity index (χ1n) is 4.57. The molecule has 0 amide bonds. The molecule has 0 aromatic heterocycles. The van der Waals surface area contributed by atoms with E-state index in [1.165, 1.54) is 6.07 Å². The van der Waals surface area contributed by atoms with Crippen molar-refractivity contribution in [3.63, 3.8) is 0 Å². The van der Waals surface area contributed by atoms with Gasteiger partial charge < -0.3 is 4.74 Å². The van der Waals surface area contributed by atoms with Gasteiger partial charge in [0.1, 0.15) is 17.6 Å². The molecule has 0 bridgehead atoms. The summed E-state index contributed by atoms with van der Waals surface area (Å²) < 4.78 is 17.6. The third-order valence-corrected chi connectivity index (χ3v) is 1.74. The highest BCUT2D eigenvalue weighted by molar-refractivity contribution is 5.73. The van der Waals surface area contributed by atoms with Crippen LogP contribution in [0.4, 0.5) is 4.39 Å². The Morgan fingerprint density at radius 3 is 2.93 bits per heavy atom. The maximum absolute atomic E-state index is 12.7. The fourth-order valence-electron chi connectivity index (χ4n) is 1.06. The number of halogens is 1. The number of carbonyl (C=O) groups is 1. The summed E-state index contributed by atoms with van der Waals surface area (Å²) in [6, 6.07) is 5.23. The molecule has 0 N–H and O–H groups in total. The number of esters is 1. The highest BCUT2D eigenvalue weighted by Gasteiger charge is 2.09. The number of rotatable bonds is 3. The summed E-state index contributed by atoms with van der Waals surface area (Å²) >= 11 is 0. The minimum Gasteiger partial charge on any atom is -0.425 e. The van der Waals surface area contributed by atoms with Crippen molar-refractivity contribution < 1.29 is 13.9 Å². The van der Waals surface area contributed by atoms with Gasteiger partial charge in [0.25, 0.3) is 0 Å². The predicted octanol–water partition coefficient (Wildman–Crippen LogP) is 2.40. The average molecular weight is 207 g/mol. The van der Waals surface area contributed by atoms with Crippen LogP contribution < -0.4 is 4.74 Å². The van der Waals surface area contributed by atoms with Crippen molar-refractivity contribution in [1.82, 2.24) is 0 Å². The summed E-state index contributed by atoms with van der Waals surface area (Å²) in [5, 5.41) is 8.68. The first kappa shape index (κ1) is 11.2. The maximum Gasteiger partial charge on any atom is 0.311 e. The Morgan fingerprint density at radius 1 is 1.60 bits per heavy atom. The number of nitrogens with zero attached hydrogens (tertiary/aromatic N) is 1. The molecule has 15 heavy (non-hydrogen) atoms. The molecule has 78 valence electrons. The largest absolute Gasteiger partial charge is 0.425 e. The van der Waals surface area contributed by atoms with E-state index in [1.54, 1.807) is 6.07 Å². The van der Waals surface area contributed by atoms with Crippen LogP contribution in [0.5, 0.6) is 5.75 Å². The highest BCUT2D eigenvalue weighted by Crippen LogP contribution is 2.19. The van der Waals surface area contributed by atoms with Crippen molar-refractivity contribution in [2.75, 3.05) is 0 Å². The smallest absolute Gasteiger partial charge is 0.311 e. The van der Waals surface area contributed by atoms with Gasteiger partial charge in [-0.25, -0.2) is 4.39 Å². The van der Waals surface area contributed by atoms with Gasteiger partial charge >= 0.3 is 5.97 Å². The summed E-state index contributed by atoms with van der Waals surface area (Å²) in [5.41, 5.74) is 0.0273. The lowest BCUT2D eigenvalue weighted by atomic mass is 10.2. The third-order valence-electron chi connectivity index (χ3n) is 1.74. The van der Waals surface area contributed by atoms with Crippen LogP contribution >= 0.6 is 0 Å². The van der Waals surface area contributed by atoms with Crippen LogP contribution in [0.2, 0.25) is 0 Å². The van der Waals surface area contributed by atoms with Crippen molar-refractivity contribution in [3.8, 4) is 11.8 Å². The second-order valence-electron chi connectivity index (χ2n) is 2.98. The van der Waals surface area contributed by atoms with Crippen molar-refractivity contribution >= 4 is 5.97 Å². The molecule has 1 aromatic carbocycles. The monoisotopic (exact) mass is 207 g/mol. The third kappa shape index (κ3) is 3.06. The van der Waals surface area contributed by atoms with Crippen molar-refractivity contribution in [2.45, 2.75) is 19.8 Å². The van der Waals surface area contributed by atoms with E-state index in [0.29, 0.717) is 6.42 Å².